The van der Waals surface area contributed by atoms with Crippen molar-refractivity contribution in [3.63, 3.8) is 0 Å². The molecule has 41 heavy (non-hydrogen) atoms. The van der Waals surface area contributed by atoms with E-state index < -0.39 is 11.0 Å². The molecule has 1 amide bonds. The molecule has 0 aromatic heterocycles. The maximum absolute atomic E-state index is 14.3. The van der Waals surface area contributed by atoms with E-state index in [0.717, 1.165) is 35.7 Å². The minimum absolute atomic E-state index is 0.0320. The zero-order valence-electron chi connectivity index (χ0n) is 24.5. The topological polar surface area (TPSA) is 70.1 Å². The van der Waals surface area contributed by atoms with Crippen molar-refractivity contribution in [2.24, 2.45) is 5.92 Å². The van der Waals surface area contributed by atoms with Crippen LogP contribution in [-0.4, -0.2) is 64.6 Å². The van der Waals surface area contributed by atoms with Crippen molar-refractivity contribution in [3.05, 3.63) is 90.5 Å². The van der Waals surface area contributed by atoms with E-state index in [9.17, 15) is 14.7 Å². The van der Waals surface area contributed by atoms with Crippen molar-refractivity contribution in [3.8, 4) is 5.75 Å². The Kier molecular flexibility index (Phi) is 8.23. The van der Waals surface area contributed by atoms with Crippen LogP contribution in [0.3, 0.4) is 0 Å². The van der Waals surface area contributed by atoms with Crippen LogP contribution in [0, 0.1) is 5.92 Å². The van der Waals surface area contributed by atoms with Gasteiger partial charge in [0.05, 0.1) is 0 Å². The van der Waals surface area contributed by atoms with Gasteiger partial charge in [0.25, 0.3) is 5.91 Å². The molecule has 1 aliphatic heterocycles. The summed E-state index contributed by atoms with van der Waals surface area (Å²) in [6.45, 7) is 12.4. The molecule has 3 atom stereocenters. The second kappa shape index (κ2) is 11.7. The summed E-state index contributed by atoms with van der Waals surface area (Å²) in [4.78, 5) is 31.3. The smallest absolute Gasteiger partial charge is 0.303 e. The Morgan fingerprint density at radius 3 is 2.59 bits per heavy atom. The Balaban J connectivity index is 1.58. The van der Waals surface area contributed by atoms with Crippen molar-refractivity contribution in [1.82, 2.24) is 9.80 Å². The molecule has 0 spiro atoms. The van der Waals surface area contributed by atoms with Crippen molar-refractivity contribution in [1.29, 1.82) is 0 Å². The Morgan fingerprint density at radius 1 is 1.10 bits per heavy atom. The van der Waals surface area contributed by atoms with E-state index in [1.54, 1.807) is 6.07 Å². The quantitative estimate of drug-likeness (QED) is 0.260. The SMILES string of the molecule is C=CCN1CC[C@@]2(c3cccc(O)c3)C[C@H](N(CC(C)C)C(=O)c3ccc4ccccc4c3)CC[C@]2(OC(C)=O)C1. The molecule has 0 unspecified atom stereocenters. The summed E-state index contributed by atoms with van der Waals surface area (Å²) in [5.41, 5.74) is 0.314. The van der Waals surface area contributed by atoms with Gasteiger partial charge in [-0.25, -0.2) is 0 Å². The molecule has 5 rings (SSSR count). The Morgan fingerprint density at radius 2 is 1.88 bits per heavy atom. The molecule has 2 aliphatic rings. The molecule has 6 heteroatoms. The minimum atomic E-state index is -0.778. The predicted octanol–water partition coefficient (Wildman–Crippen LogP) is 6.33. The number of esters is 1. The second-order valence-electron chi connectivity index (χ2n) is 12.3. The lowest BCUT2D eigenvalue weighted by Gasteiger charge is -2.60. The van der Waals surface area contributed by atoms with Crippen LogP contribution in [0.2, 0.25) is 0 Å². The molecular formula is C35H42N2O4. The number of fused-ring (bicyclic) bond motifs is 2. The molecule has 1 saturated carbocycles. The van der Waals surface area contributed by atoms with Gasteiger partial charge >= 0.3 is 5.97 Å². The molecule has 0 bridgehead atoms. The number of hydrogen-bond donors (Lipinski definition) is 1. The van der Waals surface area contributed by atoms with Crippen LogP contribution in [0.1, 0.15) is 62.4 Å². The van der Waals surface area contributed by atoms with Gasteiger partial charge in [-0.1, -0.05) is 62.4 Å². The maximum atomic E-state index is 14.3. The molecule has 3 aromatic rings. The van der Waals surface area contributed by atoms with Crippen LogP contribution in [0.4, 0.5) is 0 Å². The minimum Gasteiger partial charge on any atom is -0.508 e. The van der Waals surface area contributed by atoms with Crippen molar-refractivity contribution >= 4 is 22.6 Å². The van der Waals surface area contributed by atoms with Crippen molar-refractivity contribution in [2.45, 2.75) is 63.5 Å². The van der Waals surface area contributed by atoms with Gasteiger partial charge in [0, 0.05) is 43.6 Å². The van der Waals surface area contributed by atoms with E-state index in [0.29, 0.717) is 38.0 Å². The fourth-order valence-electron chi connectivity index (χ4n) is 7.35. The van der Waals surface area contributed by atoms with E-state index in [-0.39, 0.29) is 29.6 Å². The molecule has 1 heterocycles. The highest BCUT2D eigenvalue weighted by Crippen LogP contribution is 2.55. The highest BCUT2D eigenvalue weighted by Gasteiger charge is 2.61. The first-order valence-electron chi connectivity index (χ1n) is 14.8. The van der Waals surface area contributed by atoms with Crippen LogP contribution in [0.5, 0.6) is 5.75 Å². The highest BCUT2D eigenvalue weighted by atomic mass is 16.6. The second-order valence-corrected chi connectivity index (χ2v) is 12.3. The largest absolute Gasteiger partial charge is 0.508 e. The number of ether oxygens (including phenoxy) is 1. The van der Waals surface area contributed by atoms with Crippen LogP contribution in [-0.2, 0) is 14.9 Å². The molecule has 216 valence electrons. The van der Waals surface area contributed by atoms with Gasteiger partial charge in [-0.2, -0.15) is 0 Å². The fraction of sp³-hybridized carbons (Fsp3) is 0.429. The number of benzene rings is 3. The van der Waals surface area contributed by atoms with Crippen LogP contribution in [0.25, 0.3) is 10.8 Å². The zero-order valence-corrected chi connectivity index (χ0v) is 24.5. The number of phenols is 1. The average Bonchev–Trinajstić information content (AvgIpc) is 2.94. The van der Waals surface area contributed by atoms with Gasteiger partial charge in [-0.05, 0) is 78.7 Å². The normalized spacial score (nSPS) is 24.5. The van der Waals surface area contributed by atoms with Gasteiger partial charge in [-0.15, -0.1) is 6.58 Å². The van der Waals surface area contributed by atoms with E-state index in [2.05, 4.69) is 36.3 Å². The third-order valence-electron chi connectivity index (χ3n) is 9.06. The summed E-state index contributed by atoms with van der Waals surface area (Å²) >= 11 is 0. The number of carbonyl (C=O) groups is 2. The molecule has 6 nitrogen and oxygen atoms in total. The standard InChI is InChI=1S/C35H42N2O4/c1-5-18-36-19-17-34(30-11-8-12-32(39)21-30)22-31(15-16-35(34,24-36)41-26(4)38)37(23-25(2)3)33(40)29-14-13-27-9-6-7-10-28(27)20-29/h5-14,20-21,25,31,39H,1,15-19,22-24H2,2-4H3/t31-,34+,35+/m1/s1. The number of rotatable bonds is 8. The average molecular weight is 555 g/mol. The van der Waals surface area contributed by atoms with Gasteiger partial charge in [0.2, 0.25) is 0 Å². The first kappa shape index (κ1) is 28.9. The first-order valence-corrected chi connectivity index (χ1v) is 14.8. The fourth-order valence-corrected chi connectivity index (χ4v) is 7.35. The number of amides is 1. The molecule has 2 fully saturated rings. The number of nitrogens with zero attached hydrogens (tertiary/aromatic N) is 2. The predicted molar refractivity (Wildman–Crippen MR) is 163 cm³/mol. The lowest BCUT2D eigenvalue weighted by Crippen LogP contribution is -2.68. The molecule has 1 aliphatic carbocycles. The monoisotopic (exact) mass is 554 g/mol. The first-order chi connectivity index (χ1) is 19.7. The van der Waals surface area contributed by atoms with Crippen LogP contribution >= 0.6 is 0 Å². The lowest BCUT2D eigenvalue weighted by atomic mass is 9.54. The van der Waals surface area contributed by atoms with Crippen LogP contribution < -0.4 is 0 Å². The van der Waals surface area contributed by atoms with Gasteiger partial charge in [0.15, 0.2) is 0 Å². The van der Waals surface area contributed by atoms with E-state index in [1.807, 2.05) is 60.7 Å². The molecule has 1 saturated heterocycles. The number of hydrogen-bond acceptors (Lipinski definition) is 5. The molecular weight excluding hydrogens is 512 g/mol. The summed E-state index contributed by atoms with van der Waals surface area (Å²) < 4.78 is 6.36. The third kappa shape index (κ3) is 5.62. The number of piperidine rings is 1. The lowest BCUT2D eigenvalue weighted by molar-refractivity contribution is -0.188. The van der Waals surface area contributed by atoms with Gasteiger partial charge in [0.1, 0.15) is 11.4 Å². The van der Waals surface area contributed by atoms with Gasteiger partial charge in [-0.3, -0.25) is 14.5 Å². The Labute approximate surface area is 243 Å². The summed E-state index contributed by atoms with van der Waals surface area (Å²) in [5.74, 6) is 0.200. The number of phenolic OH excluding ortho intramolecular Hbond substituents is 1. The summed E-state index contributed by atoms with van der Waals surface area (Å²) in [7, 11) is 0. The van der Waals surface area contributed by atoms with Gasteiger partial charge < -0.3 is 14.7 Å². The number of likely N-dealkylation sites (tertiary alicyclic amines) is 1. The molecule has 0 radical (unpaired) electrons. The van der Waals surface area contributed by atoms with E-state index >= 15 is 0 Å². The summed E-state index contributed by atoms with van der Waals surface area (Å²) in [6.07, 6.45) is 4.63. The molecule has 3 aromatic carbocycles. The van der Waals surface area contributed by atoms with Crippen molar-refractivity contribution < 1.29 is 19.4 Å². The number of aromatic hydroxyl groups is 1. The highest BCUT2D eigenvalue weighted by molar-refractivity contribution is 5.98. The summed E-state index contributed by atoms with van der Waals surface area (Å²) in [5, 5.41) is 12.7. The number of carbonyl (C=O) groups excluding carboxylic acids is 2. The molecule has 1 N–H and O–H groups in total. The zero-order chi connectivity index (χ0) is 29.2. The van der Waals surface area contributed by atoms with Crippen molar-refractivity contribution in [2.75, 3.05) is 26.2 Å². The Hall–Kier alpha value is -3.64. The van der Waals surface area contributed by atoms with Crippen LogP contribution in [0.15, 0.2) is 79.4 Å². The maximum Gasteiger partial charge on any atom is 0.303 e. The van der Waals surface area contributed by atoms with E-state index in [4.69, 9.17) is 4.74 Å². The van der Waals surface area contributed by atoms with E-state index in [1.165, 1.54) is 6.92 Å². The Bertz CT molecular complexity index is 1430. The third-order valence-corrected chi connectivity index (χ3v) is 9.06. The summed E-state index contributed by atoms with van der Waals surface area (Å²) in [6, 6.07) is 21.4.